The summed E-state index contributed by atoms with van der Waals surface area (Å²) in [6.07, 6.45) is 5.81. The monoisotopic (exact) mass is 902 g/mol. The fourth-order valence-corrected chi connectivity index (χ4v) is 11.1. The number of nitrogens with zero attached hydrogens (tertiary/aromatic N) is 3. The third-order valence-electron chi connectivity index (χ3n) is 14.7. The quantitative estimate of drug-likeness (QED) is 0.197. The van der Waals surface area contributed by atoms with E-state index >= 15 is 0 Å². The predicted octanol–water partition coefficient (Wildman–Crippen LogP) is 6.64. The highest BCUT2D eigenvalue weighted by Gasteiger charge is 2.64. The van der Waals surface area contributed by atoms with Crippen LogP contribution in [0.5, 0.6) is 17.2 Å². The zero-order valence-corrected chi connectivity index (χ0v) is 39.4. The number of carbonyl (C=O) groups excluding carboxylic acids is 4. The van der Waals surface area contributed by atoms with Crippen molar-refractivity contribution >= 4 is 29.3 Å². The predicted molar refractivity (Wildman–Crippen MR) is 250 cm³/mol. The van der Waals surface area contributed by atoms with E-state index < -0.39 is 17.9 Å². The molecule has 1 atom stereocenters. The van der Waals surface area contributed by atoms with Gasteiger partial charge in [0.15, 0.2) is 11.5 Å². The summed E-state index contributed by atoms with van der Waals surface area (Å²) in [7, 11) is 0. The van der Waals surface area contributed by atoms with Gasteiger partial charge in [-0.1, -0.05) is 27.7 Å². The number of imide groups is 1. The molecule has 352 valence electrons. The number of anilines is 1. The van der Waals surface area contributed by atoms with E-state index in [0.29, 0.717) is 60.0 Å². The van der Waals surface area contributed by atoms with Gasteiger partial charge < -0.3 is 34.5 Å². The molecule has 3 N–H and O–H groups in total. The van der Waals surface area contributed by atoms with Crippen LogP contribution in [0, 0.1) is 41.9 Å². The van der Waals surface area contributed by atoms with Gasteiger partial charge in [-0.25, -0.2) is 0 Å². The average molecular weight is 903 g/mol. The first kappa shape index (κ1) is 46.9. The normalized spacial score (nSPS) is 25.7. The van der Waals surface area contributed by atoms with E-state index in [1.165, 1.54) is 0 Å². The molecule has 1 unspecified atom stereocenters. The maximum Gasteiger partial charge on any atom is 0.252 e. The van der Waals surface area contributed by atoms with Crippen LogP contribution in [0.2, 0.25) is 0 Å². The Hall–Kier alpha value is -5.65. The first-order valence-corrected chi connectivity index (χ1v) is 23.8. The SMILES string of the molecule is Cc1cc(OC2C(C)(C)C(NC(=O)c3ccc(N4CCC(CN5CCOCCCCOc6ccc(C(=O)NC7CCC(=O)NC7=O)cc6OC6CC5C6)CC4)cc3)C2(C)C)cc(C)c1C#N. The van der Waals surface area contributed by atoms with Gasteiger partial charge in [-0.3, -0.25) is 29.4 Å². The van der Waals surface area contributed by atoms with Crippen molar-refractivity contribution in [3.63, 3.8) is 0 Å². The topological polar surface area (TPSA) is 172 Å². The largest absolute Gasteiger partial charge is 0.490 e. The molecule has 66 heavy (non-hydrogen) atoms. The lowest BCUT2D eigenvalue weighted by molar-refractivity contribution is -0.164. The Morgan fingerprint density at radius 2 is 1.50 bits per heavy atom. The lowest BCUT2D eigenvalue weighted by Gasteiger charge is -2.63. The summed E-state index contributed by atoms with van der Waals surface area (Å²) in [6.45, 7) is 18.0. The Morgan fingerprint density at radius 1 is 0.833 bits per heavy atom. The minimum absolute atomic E-state index is 0.0299. The Morgan fingerprint density at radius 3 is 2.18 bits per heavy atom. The second-order valence-corrected chi connectivity index (χ2v) is 20.2. The van der Waals surface area contributed by atoms with Crippen LogP contribution in [-0.2, 0) is 14.3 Å². The van der Waals surface area contributed by atoms with Crippen molar-refractivity contribution < 1.29 is 38.1 Å². The Balaban J connectivity index is 0.828. The maximum absolute atomic E-state index is 13.7. The second-order valence-electron chi connectivity index (χ2n) is 20.2. The highest BCUT2D eigenvalue weighted by molar-refractivity contribution is 6.04. The lowest BCUT2D eigenvalue weighted by Crippen LogP contribution is -2.74. The van der Waals surface area contributed by atoms with Crippen LogP contribution in [0.4, 0.5) is 5.69 Å². The number of ether oxygens (including phenoxy) is 4. The molecular weight excluding hydrogens is 837 g/mol. The number of piperidine rings is 2. The molecule has 2 saturated carbocycles. The molecule has 4 amide bonds. The number of nitrogens with one attached hydrogen (secondary N) is 3. The van der Waals surface area contributed by atoms with Crippen molar-refractivity contribution in [3.05, 3.63) is 82.4 Å². The van der Waals surface area contributed by atoms with E-state index in [9.17, 15) is 24.4 Å². The molecule has 3 aromatic carbocycles. The van der Waals surface area contributed by atoms with Gasteiger partial charge in [0.05, 0.1) is 24.8 Å². The molecular formula is C52H66N6O8. The van der Waals surface area contributed by atoms with E-state index in [2.05, 4.69) is 71.6 Å². The number of carbonyl (C=O) groups is 4. The number of benzene rings is 3. The molecule has 4 aliphatic heterocycles. The lowest BCUT2D eigenvalue weighted by atomic mass is 9.49. The molecule has 6 aliphatic rings. The number of aryl methyl sites for hydroxylation is 2. The molecule has 2 saturated heterocycles. The summed E-state index contributed by atoms with van der Waals surface area (Å²) in [5.74, 6) is 1.07. The van der Waals surface area contributed by atoms with Gasteiger partial charge >= 0.3 is 0 Å². The summed E-state index contributed by atoms with van der Waals surface area (Å²) in [5.41, 5.74) is 3.95. The van der Waals surface area contributed by atoms with Crippen molar-refractivity contribution in [2.45, 2.75) is 123 Å². The molecule has 4 heterocycles. The summed E-state index contributed by atoms with van der Waals surface area (Å²) >= 11 is 0. The molecule has 0 radical (unpaired) electrons. The Kier molecular flexibility index (Phi) is 14.0. The number of fused-ring (bicyclic) bond motifs is 8. The van der Waals surface area contributed by atoms with E-state index in [1.54, 1.807) is 18.2 Å². The van der Waals surface area contributed by atoms with Gasteiger partial charge in [-0.15, -0.1) is 0 Å². The summed E-state index contributed by atoms with van der Waals surface area (Å²) in [6, 6.07) is 18.8. The summed E-state index contributed by atoms with van der Waals surface area (Å²) in [5, 5.41) is 17.9. The molecule has 3 aromatic rings. The van der Waals surface area contributed by atoms with E-state index in [0.717, 1.165) is 87.3 Å². The molecule has 14 nitrogen and oxygen atoms in total. The molecule has 9 rings (SSSR count). The zero-order valence-electron chi connectivity index (χ0n) is 39.4. The number of nitriles is 1. The number of hydrogen-bond acceptors (Lipinski definition) is 11. The third kappa shape index (κ3) is 10.2. The van der Waals surface area contributed by atoms with Crippen LogP contribution in [0.15, 0.2) is 54.6 Å². The molecule has 4 fully saturated rings. The zero-order chi connectivity index (χ0) is 46.8. The van der Waals surface area contributed by atoms with Crippen molar-refractivity contribution in [1.82, 2.24) is 20.9 Å². The van der Waals surface area contributed by atoms with E-state index in [4.69, 9.17) is 18.9 Å². The van der Waals surface area contributed by atoms with Crippen LogP contribution in [0.25, 0.3) is 0 Å². The van der Waals surface area contributed by atoms with Crippen LogP contribution in [0.1, 0.15) is 116 Å². The van der Waals surface area contributed by atoms with Gasteiger partial charge in [0.1, 0.15) is 24.0 Å². The van der Waals surface area contributed by atoms with Crippen molar-refractivity contribution in [2.75, 3.05) is 50.9 Å². The Bertz CT molecular complexity index is 2290. The van der Waals surface area contributed by atoms with Crippen molar-refractivity contribution in [2.24, 2.45) is 16.7 Å². The molecule has 2 bridgehead atoms. The smallest absolute Gasteiger partial charge is 0.252 e. The Labute approximate surface area is 389 Å². The average Bonchev–Trinajstić information content (AvgIpc) is 3.28. The van der Waals surface area contributed by atoms with Gasteiger partial charge in [-0.05, 0) is 118 Å². The molecule has 0 spiro atoms. The summed E-state index contributed by atoms with van der Waals surface area (Å²) in [4.78, 5) is 55.8. The number of amides is 4. The molecule has 0 aromatic heterocycles. The minimum Gasteiger partial charge on any atom is -0.490 e. The summed E-state index contributed by atoms with van der Waals surface area (Å²) < 4.78 is 25.3. The van der Waals surface area contributed by atoms with E-state index in [-0.39, 0.29) is 53.7 Å². The van der Waals surface area contributed by atoms with Gasteiger partial charge in [0, 0.05) is 91.8 Å². The minimum atomic E-state index is -0.767. The first-order chi connectivity index (χ1) is 31.6. The van der Waals surface area contributed by atoms with Crippen LogP contribution >= 0.6 is 0 Å². The van der Waals surface area contributed by atoms with Gasteiger partial charge in [-0.2, -0.15) is 5.26 Å². The van der Waals surface area contributed by atoms with Gasteiger partial charge in [0.25, 0.3) is 11.8 Å². The highest BCUT2D eigenvalue weighted by atomic mass is 16.5. The standard InChI is InChI=1S/C52H66N6O8/c1-32-25-39(26-33(2)41(32)30-53)66-50-51(3,4)49(52(50,5)6)56-46(60)35-9-12-37(13-10-35)57-19-17-34(18-20-57)31-58-21-24-63-22-7-8-23-64-43-15-11-36(27-44(43)65-40-28-38(58)29-40)47(61)54-42-14-16-45(59)55-48(42)62/h9-13,15,25-27,34,38,40,42,49-50H,7-8,14,16-24,28-29,31H2,1-6H3,(H,54,61)(H,56,60)(H,55,59,62). The molecule has 2 aliphatic carbocycles. The fraction of sp³-hybridized carbons (Fsp3) is 0.558. The highest BCUT2D eigenvalue weighted by Crippen LogP contribution is 2.55. The fourth-order valence-electron chi connectivity index (χ4n) is 11.1. The number of hydrogen-bond donors (Lipinski definition) is 3. The maximum atomic E-state index is 13.7. The van der Waals surface area contributed by atoms with E-state index in [1.807, 2.05) is 38.1 Å². The van der Waals surface area contributed by atoms with Crippen LogP contribution < -0.4 is 35.1 Å². The van der Waals surface area contributed by atoms with Crippen molar-refractivity contribution in [3.8, 4) is 23.3 Å². The van der Waals surface area contributed by atoms with Gasteiger partial charge in [0.2, 0.25) is 11.8 Å². The van der Waals surface area contributed by atoms with Crippen LogP contribution in [0.3, 0.4) is 0 Å². The first-order valence-electron chi connectivity index (χ1n) is 23.8. The van der Waals surface area contributed by atoms with Crippen molar-refractivity contribution in [1.29, 1.82) is 5.26 Å². The number of rotatable bonds is 9. The molecule has 14 heteroatoms. The third-order valence-corrected chi connectivity index (χ3v) is 14.7. The second kappa shape index (κ2) is 19.7. The van der Waals surface area contributed by atoms with Crippen LogP contribution in [-0.4, -0.2) is 105 Å².